The first kappa shape index (κ1) is 12.2. The van der Waals surface area contributed by atoms with Gasteiger partial charge in [-0.3, -0.25) is 0 Å². The fraction of sp³-hybridized carbons (Fsp3) is 0.455. The van der Waals surface area contributed by atoms with Gasteiger partial charge in [-0.15, -0.1) is 0 Å². The van der Waals surface area contributed by atoms with E-state index in [9.17, 15) is 0 Å². The van der Waals surface area contributed by atoms with Gasteiger partial charge in [0.1, 0.15) is 11.5 Å². The lowest BCUT2D eigenvalue weighted by Gasteiger charge is -2.22. The second-order valence-electron chi connectivity index (χ2n) is 3.31. The molecule has 0 aromatic heterocycles. The Morgan fingerprint density at radius 1 is 1.27 bits per heavy atom. The molecule has 1 rings (SSSR count). The molecule has 0 unspecified atom stereocenters. The van der Waals surface area contributed by atoms with Crippen LogP contribution in [0.2, 0.25) is 0 Å². The van der Waals surface area contributed by atoms with Gasteiger partial charge in [0.25, 0.3) is 0 Å². The van der Waals surface area contributed by atoms with E-state index in [4.69, 9.17) is 9.47 Å². The number of anilines is 1. The van der Waals surface area contributed by atoms with Crippen LogP contribution >= 0.6 is 15.9 Å². The summed E-state index contributed by atoms with van der Waals surface area (Å²) >= 11 is 3.42. The highest BCUT2D eigenvalue weighted by Crippen LogP contribution is 2.35. The Bertz CT molecular complexity index is 342. The minimum absolute atomic E-state index is 0.760. The van der Waals surface area contributed by atoms with Crippen LogP contribution in [0.15, 0.2) is 12.1 Å². The molecule has 0 bridgehead atoms. The molecule has 0 saturated carbocycles. The third kappa shape index (κ3) is 2.56. The minimum Gasteiger partial charge on any atom is -0.497 e. The number of alkyl halides is 1. The van der Waals surface area contributed by atoms with Crippen molar-refractivity contribution in [3.63, 3.8) is 0 Å². The fourth-order valence-electron chi connectivity index (χ4n) is 1.54. The first-order valence-electron chi connectivity index (χ1n) is 4.63. The van der Waals surface area contributed by atoms with Crippen molar-refractivity contribution in [2.24, 2.45) is 0 Å². The second kappa shape index (κ2) is 5.26. The number of ether oxygens (including phenoxy) is 2. The lowest BCUT2D eigenvalue weighted by molar-refractivity contribution is 0.394. The standard InChI is InChI=1S/C11H16BrNO2/c1-8-5-9(14-3)6-10(15-4)11(8)13(2)7-12/h5-6H,7H2,1-4H3. The van der Waals surface area contributed by atoms with Crippen LogP contribution in [-0.4, -0.2) is 26.7 Å². The van der Waals surface area contributed by atoms with Gasteiger partial charge in [0.15, 0.2) is 0 Å². The van der Waals surface area contributed by atoms with Crippen molar-refractivity contribution < 1.29 is 9.47 Å². The molecule has 4 heteroatoms. The highest BCUT2D eigenvalue weighted by atomic mass is 79.9. The van der Waals surface area contributed by atoms with Gasteiger partial charge in [0.2, 0.25) is 0 Å². The number of halogens is 1. The molecule has 84 valence electrons. The third-order valence-electron chi connectivity index (χ3n) is 2.26. The lowest BCUT2D eigenvalue weighted by Crippen LogP contribution is -2.16. The van der Waals surface area contributed by atoms with Crippen LogP contribution in [0, 0.1) is 6.92 Å². The maximum Gasteiger partial charge on any atom is 0.146 e. The predicted octanol–water partition coefficient (Wildman–Crippen LogP) is 2.80. The van der Waals surface area contributed by atoms with Crippen molar-refractivity contribution in [2.45, 2.75) is 6.92 Å². The van der Waals surface area contributed by atoms with E-state index in [1.807, 2.05) is 26.1 Å². The summed E-state index contributed by atoms with van der Waals surface area (Å²) in [5.41, 5.74) is 2.97. The van der Waals surface area contributed by atoms with Crippen molar-refractivity contribution in [3.8, 4) is 11.5 Å². The van der Waals surface area contributed by atoms with E-state index in [-0.39, 0.29) is 0 Å². The van der Waals surface area contributed by atoms with Crippen molar-refractivity contribution in [2.75, 3.05) is 31.6 Å². The molecular weight excluding hydrogens is 258 g/mol. The third-order valence-corrected chi connectivity index (χ3v) is 3.01. The van der Waals surface area contributed by atoms with Crippen LogP contribution in [-0.2, 0) is 0 Å². The molecule has 0 saturated heterocycles. The zero-order valence-electron chi connectivity index (χ0n) is 9.50. The molecule has 15 heavy (non-hydrogen) atoms. The van der Waals surface area contributed by atoms with E-state index >= 15 is 0 Å². The minimum atomic E-state index is 0.760. The Morgan fingerprint density at radius 3 is 2.40 bits per heavy atom. The van der Waals surface area contributed by atoms with Gasteiger partial charge in [-0.1, -0.05) is 15.9 Å². The predicted molar refractivity (Wildman–Crippen MR) is 66.5 cm³/mol. The molecule has 0 fully saturated rings. The SMILES string of the molecule is COc1cc(C)c(N(C)CBr)c(OC)c1. The molecule has 0 N–H and O–H groups in total. The summed E-state index contributed by atoms with van der Waals surface area (Å²) in [6.45, 7) is 2.04. The Kier molecular flexibility index (Phi) is 4.27. The van der Waals surface area contributed by atoms with Gasteiger partial charge in [0.05, 0.1) is 25.4 Å². The molecule has 1 aromatic rings. The van der Waals surface area contributed by atoms with Crippen molar-refractivity contribution in [1.82, 2.24) is 0 Å². The summed E-state index contributed by atoms with van der Waals surface area (Å²) in [5.74, 6) is 1.64. The van der Waals surface area contributed by atoms with Crippen LogP contribution < -0.4 is 14.4 Å². The molecule has 0 atom stereocenters. The normalized spacial score (nSPS) is 9.93. The number of hydrogen-bond acceptors (Lipinski definition) is 3. The largest absolute Gasteiger partial charge is 0.497 e. The van der Waals surface area contributed by atoms with Gasteiger partial charge >= 0.3 is 0 Å². The van der Waals surface area contributed by atoms with Gasteiger partial charge in [-0.2, -0.15) is 0 Å². The Morgan fingerprint density at radius 2 is 1.93 bits per heavy atom. The average Bonchev–Trinajstić information content (AvgIpc) is 2.26. The first-order valence-corrected chi connectivity index (χ1v) is 5.76. The number of rotatable bonds is 4. The van der Waals surface area contributed by atoms with E-state index in [1.54, 1.807) is 14.2 Å². The quantitative estimate of drug-likeness (QED) is 0.622. The maximum absolute atomic E-state index is 5.35. The van der Waals surface area contributed by atoms with E-state index in [1.165, 1.54) is 0 Å². The molecule has 0 aliphatic rings. The van der Waals surface area contributed by atoms with Gasteiger partial charge in [-0.05, 0) is 18.6 Å². The van der Waals surface area contributed by atoms with Crippen LogP contribution in [0.3, 0.4) is 0 Å². The Labute approximate surface area is 99.1 Å². The number of aryl methyl sites for hydroxylation is 1. The topological polar surface area (TPSA) is 21.7 Å². The van der Waals surface area contributed by atoms with E-state index in [2.05, 4.69) is 20.8 Å². The first-order chi connectivity index (χ1) is 7.13. The Hall–Kier alpha value is -0.900. The number of methoxy groups -OCH3 is 2. The average molecular weight is 274 g/mol. The second-order valence-corrected chi connectivity index (χ2v) is 3.81. The van der Waals surface area contributed by atoms with Crippen molar-refractivity contribution >= 4 is 21.6 Å². The zero-order chi connectivity index (χ0) is 11.4. The molecule has 0 aliphatic heterocycles. The molecular formula is C11H16BrNO2. The van der Waals surface area contributed by atoms with Gasteiger partial charge < -0.3 is 14.4 Å². The van der Waals surface area contributed by atoms with E-state index < -0.39 is 0 Å². The summed E-state index contributed by atoms with van der Waals surface area (Å²) in [7, 11) is 5.33. The molecule has 0 radical (unpaired) electrons. The smallest absolute Gasteiger partial charge is 0.146 e. The van der Waals surface area contributed by atoms with E-state index in [0.717, 1.165) is 28.2 Å². The number of nitrogens with zero attached hydrogens (tertiary/aromatic N) is 1. The summed E-state index contributed by atoms with van der Waals surface area (Å²) in [6, 6.07) is 3.89. The fourth-order valence-corrected chi connectivity index (χ4v) is 1.79. The molecule has 3 nitrogen and oxygen atoms in total. The number of benzene rings is 1. The summed E-state index contributed by atoms with van der Waals surface area (Å²) < 4.78 is 10.5. The maximum atomic E-state index is 5.35. The summed E-state index contributed by atoms with van der Waals surface area (Å²) in [5, 5.41) is 0. The van der Waals surface area contributed by atoms with Crippen LogP contribution in [0.1, 0.15) is 5.56 Å². The number of hydrogen-bond donors (Lipinski definition) is 0. The molecule has 0 heterocycles. The zero-order valence-corrected chi connectivity index (χ0v) is 11.1. The van der Waals surface area contributed by atoms with Gasteiger partial charge in [0, 0.05) is 13.1 Å². The van der Waals surface area contributed by atoms with Crippen molar-refractivity contribution in [1.29, 1.82) is 0 Å². The monoisotopic (exact) mass is 273 g/mol. The molecule has 1 aromatic carbocycles. The molecule has 0 aliphatic carbocycles. The molecule has 0 spiro atoms. The summed E-state index contributed by atoms with van der Waals surface area (Å²) in [6.07, 6.45) is 0. The lowest BCUT2D eigenvalue weighted by atomic mass is 10.1. The van der Waals surface area contributed by atoms with Crippen LogP contribution in [0.5, 0.6) is 11.5 Å². The molecule has 0 amide bonds. The highest BCUT2D eigenvalue weighted by molar-refractivity contribution is 9.09. The van der Waals surface area contributed by atoms with Crippen molar-refractivity contribution in [3.05, 3.63) is 17.7 Å². The van der Waals surface area contributed by atoms with E-state index in [0.29, 0.717) is 0 Å². The van der Waals surface area contributed by atoms with Crippen LogP contribution in [0.4, 0.5) is 5.69 Å². The van der Waals surface area contributed by atoms with Crippen LogP contribution in [0.25, 0.3) is 0 Å². The highest BCUT2D eigenvalue weighted by Gasteiger charge is 2.12. The Balaban J connectivity index is 3.24. The van der Waals surface area contributed by atoms with Gasteiger partial charge in [-0.25, -0.2) is 0 Å². The summed E-state index contributed by atoms with van der Waals surface area (Å²) in [4.78, 5) is 2.08.